The monoisotopic (exact) mass is 222 g/mol. The molecular formula is C12H18N2O2. The lowest BCUT2D eigenvalue weighted by atomic mass is 10.1. The molecular weight excluding hydrogens is 204 g/mol. The van der Waals surface area contributed by atoms with Crippen LogP contribution in [0, 0.1) is 0 Å². The minimum absolute atomic E-state index is 0.220. The quantitative estimate of drug-likeness (QED) is 0.434. The van der Waals surface area contributed by atoms with Crippen LogP contribution in [0.4, 0.5) is 0 Å². The predicted molar refractivity (Wildman–Crippen MR) is 62.9 cm³/mol. The van der Waals surface area contributed by atoms with Gasteiger partial charge in [0.25, 0.3) is 0 Å². The largest absolute Gasteiger partial charge is 0.493 e. The molecule has 0 unspecified atom stereocenters. The number of nitrogens with one attached hydrogen (secondary N) is 1. The molecule has 0 spiro atoms. The van der Waals surface area contributed by atoms with Crippen LogP contribution in [-0.2, 0) is 11.2 Å². The van der Waals surface area contributed by atoms with Crippen molar-refractivity contribution in [2.24, 2.45) is 5.84 Å². The number of ether oxygens (including phenoxy) is 1. The molecule has 16 heavy (non-hydrogen) atoms. The van der Waals surface area contributed by atoms with E-state index in [4.69, 9.17) is 10.6 Å². The van der Waals surface area contributed by atoms with E-state index in [-0.39, 0.29) is 12.3 Å². The van der Waals surface area contributed by atoms with Gasteiger partial charge in [-0.15, -0.1) is 0 Å². The van der Waals surface area contributed by atoms with Gasteiger partial charge < -0.3 is 4.74 Å². The molecule has 0 atom stereocenters. The average molecular weight is 222 g/mol. The van der Waals surface area contributed by atoms with E-state index in [2.05, 4.69) is 12.3 Å². The van der Waals surface area contributed by atoms with Crippen molar-refractivity contribution >= 4 is 5.91 Å². The standard InChI is InChI=1S/C12H18N2O2/c1-2-3-10-4-6-11(7-5-10)16-9-8-12(15)14-13/h4-7H,2-3,8-9,13H2,1H3,(H,14,15). The highest BCUT2D eigenvalue weighted by atomic mass is 16.5. The molecule has 4 nitrogen and oxygen atoms in total. The van der Waals surface area contributed by atoms with Crippen molar-refractivity contribution in [3.05, 3.63) is 29.8 Å². The van der Waals surface area contributed by atoms with Gasteiger partial charge in [-0.1, -0.05) is 25.5 Å². The Kier molecular flexibility index (Phi) is 5.36. The summed E-state index contributed by atoms with van der Waals surface area (Å²) in [7, 11) is 0. The first-order chi connectivity index (χ1) is 7.76. The first kappa shape index (κ1) is 12.5. The Bertz CT molecular complexity index is 322. The van der Waals surface area contributed by atoms with E-state index in [1.165, 1.54) is 5.56 Å². The normalized spacial score (nSPS) is 9.88. The van der Waals surface area contributed by atoms with Crippen LogP contribution in [0.3, 0.4) is 0 Å². The third-order valence-electron chi connectivity index (χ3n) is 2.22. The minimum atomic E-state index is -0.220. The molecule has 0 heterocycles. The number of amides is 1. The number of benzene rings is 1. The van der Waals surface area contributed by atoms with Crippen molar-refractivity contribution in [2.45, 2.75) is 26.2 Å². The van der Waals surface area contributed by atoms with E-state index in [1.807, 2.05) is 24.3 Å². The van der Waals surface area contributed by atoms with Crippen LogP contribution in [0.5, 0.6) is 5.75 Å². The third-order valence-corrected chi connectivity index (χ3v) is 2.22. The molecule has 1 aromatic rings. The smallest absolute Gasteiger partial charge is 0.237 e. The van der Waals surface area contributed by atoms with Gasteiger partial charge >= 0.3 is 0 Å². The van der Waals surface area contributed by atoms with Crippen molar-refractivity contribution in [3.8, 4) is 5.75 Å². The molecule has 0 fully saturated rings. The molecule has 1 amide bonds. The number of aryl methyl sites for hydroxylation is 1. The molecule has 1 rings (SSSR count). The van der Waals surface area contributed by atoms with E-state index in [0.717, 1.165) is 18.6 Å². The molecule has 3 N–H and O–H groups in total. The van der Waals surface area contributed by atoms with Crippen molar-refractivity contribution in [1.82, 2.24) is 5.43 Å². The predicted octanol–water partition coefficient (Wildman–Crippen LogP) is 1.40. The van der Waals surface area contributed by atoms with Crippen LogP contribution in [0.15, 0.2) is 24.3 Å². The second kappa shape index (κ2) is 6.85. The third kappa shape index (κ3) is 4.31. The molecule has 0 bridgehead atoms. The van der Waals surface area contributed by atoms with Crippen LogP contribution in [0.25, 0.3) is 0 Å². The Labute approximate surface area is 95.8 Å². The highest BCUT2D eigenvalue weighted by Crippen LogP contribution is 2.13. The number of carbonyl (C=O) groups excluding carboxylic acids is 1. The number of hydrazine groups is 1. The first-order valence-corrected chi connectivity index (χ1v) is 5.47. The summed E-state index contributed by atoms with van der Waals surface area (Å²) in [5.74, 6) is 5.51. The average Bonchev–Trinajstić information content (AvgIpc) is 2.31. The molecule has 1 aromatic carbocycles. The van der Waals surface area contributed by atoms with Gasteiger partial charge in [0, 0.05) is 0 Å². The second-order valence-electron chi connectivity index (χ2n) is 3.56. The number of hydrogen-bond donors (Lipinski definition) is 2. The molecule has 0 aliphatic rings. The van der Waals surface area contributed by atoms with Crippen LogP contribution in [-0.4, -0.2) is 12.5 Å². The Morgan fingerprint density at radius 1 is 1.38 bits per heavy atom. The zero-order chi connectivity index (χ0) is 11.8. The van der Waals surface area contributed by atoms with Gasteiger partial charge in [0.15, 0.2) is 0 Å². The van der Waals surface area contributed by atoms with Gasteiger partial charge in [-0.25, -0.2) is 5.84 Å². The fraction of sp³-hybridized carbons (Fsp3) is 0.417. The molecule has 88 valence electrons. The van der Waals surface area contributed by atoms with E-state index >= 15 is 0 Å². The molecule has 0 aliphatic heterocycles. The summed E-state index contributed by atoms with van der Waals surface area (Å²) in [6, 6.07) is 7.93. The van der Waals surface area contributed by atoms with Gasteiger partial charge in [0.2, 0.25) is 5.91 Å². The maximum atomic E-state index is 10.8. The summed E-state index contributed by atoms with van der Waals surface area (Å²) in [5.41, 5.74) is 3.36. The van der Waals surface area contributed by atoms with Crippen LogP contribution in [0.1, 0.15) is 25.3 Å². The number of hydrogen-bond acceptors (Lipinski definition) is 3. The lowest BCUT2D eigenvalue weighted by Gasteiger charge is -2.06. The van der Waals surface area contributed by atoms with Crippen LogP contribution >= 0.6 is 0 Å². The lowest BCUT2D eigenvalue weighted by molar-refractivity contribution is -0.121. The van der Waals surface area contributed by atoms with Crippen LogP contribution in [0.2, 0.25) is 0 Å². The lowest BCUT2D eigenvalue weighted by Crippen LogP contribution is -2.31. The van der Waals surface area contributed by atoms with E-state index < -0.39 is 0 Å². The number of rotatable bonds is 6. The topological polar surface area (TPSA) is 64.3 Å². The Balaban J connectivity index is 2.34. The van der Waals surface area contributed by atoms with Gasteiger partial charge in [-0.3, -0.25) is 10.2 Å². The van der Waals surface area contributed by atoms with E-state index in [9.17, 15) is 4.79 Å². The van der Waals surface area contributed by atoms with Crippen molar-refractivity contribution in [1.29, 1.82) is 0 Å². The van der Waals surface area contributed by atoms with E-state index in [1.54, 1.807) is 0 Å². The molecule has 4 heteroatoms. The van der Waals surface area contributed by atoms with Gasteiger partial charge in [0.1, 0.15) is 5.75 Å². The zero-order valence-electron chi connectivity index (χ0n) is 9.53. The number of carbonyl (C=O) groups is 1. The van der Waals surface area contributed by atoms with Crippen LogP contribution < -0.4 is 16.0 Å². The summed E-state index contributed by atoms with van der Waals surface area (Å²) >= 11 is 0. The summed E-state index contributed by atoms with van der Waals surface area (Å²) in [4.78, 5) is 10.8. The summed E-state index contributed by atoms with van der Waals surface area (Å²) in [6.07, 6.45) is 2.49. The highest BCUT2D eigenvalue weighted by molar-refractivity contribution is 5.75. The highest BCUT2D eigenvalue weighted by Gasteiger charge is 1.99. The molecule has 0 radical (unpaired) electrons. The fourth-order valence-corrected chi connectivity index (χ4v) is 1.37. The van der Waals surface area contributed by atoms with Crippen molar-refractivity contribution < 1.29 is 9.53 Å². The SMILES string of the molecule is CCCc1ccc(OCCC(=O)NN)cc1. The van der Waals surface area contributed by atoms with Crippen molar-refractivity contribution in [2.75, 3.05) is 6.61 Å². The van der Waals surface area contributed by atoms with Gasteiger partial charge in [-0.2, -0.15) is 0 Å². The Morgan fingerprint density at radius 3 is 2.62 bits per heavy atom. The Hall–Kier alpha value is -1.55. The summed E-state index contributed by atoms with van der Waals surface area (Å²) in [6.45, 7) is 2.49. The molecule has 0 aliphatic carbocycles. The van der Waals surface area contributed by atoms with Crippen molar-refractivity contribution in [3.63, 3.8) is 0 Å². The molecule has 0 saturated carbocycles. The van der Waals surface area contributed by atoms with E-state index in [0.29, 0.717) is 6.61 Å². The minimum Gasteiger partial charge on any atom is -0.493 e. The van der Waals surface area contributed by atoms with Gasteiger partial charge in [-0.05, 0) is 24.1 Å². The first-order valence-electron chi connectivity index (χ1n) is 5.47. The fourth-order valence-electron chi connectivity index (χ4n) is 1.37. The zero-order valence-corrected chi connectivity index (χ0v) is 9.53. The second-order valence-corrected chi connectivity index (χ2v) is 3.56. The summed E-state index contributed by atoms with van der Waals surface area (Å²) < 4.78 is 5.40. The maximum absolute atomic E-state index is 10.8. The van der Waals surface area contributed by atoms with Gasteiger partial charge in [0.05, 0.1) is 13.0 Å². The number of nitrogens with two attached hydrogens (primary N) is 1. The Morgan fingerprint density at radius 2 is 2.06 bits per heavy atom. The molecule has 0 aromatic heterocycles. The summed E-state index contributed by atoms with van der Waals surface area (Å²) in [5, 5.41) is 0. The molecule has 0 saturated heterocycles. The maximum Gasteiger partial charge on any atom is 0.237 e.